The molecule has 0 saturated carbocycles. The Balaban J connectivity index is 1.60. The fourth-order valence-corrected chi connectivity index (χ4v) is 4.12. The lowest BCUT2D eigenvalue weighted by Gasteiger charge is -2.24. The fourth-order valence-electron chi connectivity index (χ4n) is 3.63. The van der Waals surface area contributed by atoms with E-state index in [1.807, 2.05) is 30.3 Å². The second-order valence-corrected chi connectivity index (χ2v) is 7.68. The van der Waals surface area contributed by atoms with Crippen LogP contribution in [0.4, 0.5) is 11.8 Å². The molecule has 0 radical (unpaired) electrons. The van der Waals surface area contributed by atoms with Gasteiger partial charge in [0.15, 0.2) is 0 Å². The number of benzene rings is 2. The lowest BCUT2D eigenvalue weighted by molar-refractivity contribution is 0.265. The molecule has 4 rings (SSSR count). The molecule has 1 saturated heterocycles. The quantitative estimate of drug-likeness (QED) is 0.623. The largest absolute Gasteiger partial charge is 0.394 e. The molecule has 2 aromatic carbocycles. The van der Waals surface area contributed by atoms with Crippen LogP contribution >= 0.6 is 15.9 Å². The van der Waals surface area contributed by atoms with Gasteiger partial charge in [-0.1, -0.05) is 46.3 Å². The third kappa shape index (κ3) is 3.92. The highest BCUT2D eigenvalue weighted by atomic mass is 79.9. The van der Waals surface area contributed by atoms with Crippen molar-refractivity contribution in [2.45, 2.75) is 25.3 Å². The van der Waals surface area contributed by atoms with Crippen LogP contribution in [0, 0.1) is 0 Å². The summed E-state index contributed by atoms with van der Waals surface area (Å²) in [6.45, 7) is 1.81. The first-order valence-corrected chi connectivity index (χ1v) is 10.2. The van der Waals surface area contributed by atoms with Gasteiger partial charge in [-0.3, -0.25) is 0 Å². The third-order valence-corrected chi connectivity index (χ3v) is 5.85. The van der Waals surface area contributed by atoms with Crippen molar-refractivity contribution in [3.05, 3.63) is 58.6 Å². The van der Waals surface area contributed by atoms with Crippen LogP contribution in [0.2, 0.25) is 0 Å². The summed E-state index contributed by atoms with van der Waals surface area (Å²) in [6.07, 6.45) is 2.95. The number of aliphatic hydroxyl groups excluding tert-OH is 1. The highest BCUT2D eigenvalue weighted by molar-refractivity contribution is 9.10. The molecule has 2 N–H and O–H groups in total. The molecule has 3 aromatic rings. The zero-order valence-electron chi connectivity index (χ0n) is 15.1. The van der Waals surface area contributed by atoms with Gasteiger partial charge in [-0.05, 0) is 43.0 Å². The van der Waals surface area contributed by atoms with Gasteiger partial charge in [-0.2, -0.15) is 4.98 Å². The van der Waals surface area contributed by atoms with Crippen LogP contribution < -0.4 is 10.2 Å². The molecule has 1 aliphatic heterocycles. The van der Waals surface area contributed by atoms with Crippen LogP contribution in [0.1, 0.15) is 18.4 Å². The first-order chi connectivity index (χ1) is 13.3. The SMILES string of the molecule is OC[C@@H]1CCCN1c1nc(NCCc2ccccc2Br)c2ccccc2n1. The minimum atomic E-state index is 0.110. The first-order valence-electron chi connectivity index (χ1n) is 9.38. The van der Waals surface area contributed by atoms with Crippen molar-refractivity contribution >= 4 is 38.6 Å². The zero-order chi connectivity index (χ0) is 18.6. The minimum Gasteiger partial charge on any atom is -0.394 e. The van der Waals surface area contributed by atoms with E-state index in [1.165, 1.54) is 5.56 Å². The van der Waals surface area contributed by atoms with Gasteiger partial charge >= 0.3 is 0 Å². The Bertz CT molecular complexity index is 933. The Morgan fingerprint density at radius 1 is 1.11 bits per heavy atom. The van der Waals surface area contributed by atoms with E-state index in [-0.39, 0.29) is 12.6 Å². The molecule has 0 spiro atoms. The molecule has 2 heterocycles. The first kappa shape index (κ1) is 18.2. The molecule has 0 unspecified atom stereocenters. The number of aromatic nitrogens is 2. The molecule has 1 aliphatic rings. The second kappa shape index (κ2) is 8.23. The van der Waals surface area contributed by atoms with Crippen molar-refractivity contribution in [3.63, 3.8) is 0 Å². The predicted octanol–water partition coefficient (Wildman–Crippen LogP) is 4.01. The monoisotopic (exact) mass is 426 g/mol. The summed E-state index contributed by atoms with van der Waals surface area (Å²) in [5, 5.41) is 14.2. The van der Waals surface area contributed by atoms with Gasteiger partial charge in [-0.15, -0.1) is 0 Å². The van der Waals surface area contributed by atoms with Gasteiger partial charge in [-0.25, -0.2) is 4.98 Å². The second-order valence-electron chi connectivity index (χ2n) is 6.83. The average Bonchev–Trinajstić information content (AvgIpc) is 3.18. The number of nitrogens with zero attached hydrogens (tertiary/aromatic N) is 3. The van der Waals surface area contributed by atoms with Crippen LogP contribution in [0.15, 0.2) is 53.0 Å². The molecule has 0 amide bonds. The molecule has 1 aromatic heterocycles. The molecule has 1 fully saturated rings. The number of nitrogens with one attached hydrogen (secondary N) is 1. The number of para-hydroxylation sites is 1. The van der Waals surface area contributed by atoms with E-state index >= 15 is 0 Å². The Labute approximate surface area is 167 Å². The van der Waals surface area contributed by atoms with E-state index in [9.17, 15) is 5.11 Å². The molecular formula is C21H23BrN4O. The summed E-state index contributed by atoms with van der Waals surface area (Å²) in [6, 6.07) is 16.5. The molecule has 5 nitrogen and oxygen atoms in total. The van der Waals surface area contributed by atoms with Crippen LogP contribution in [0.5, 0.6) is 0 Å². The Morgan fingerprint density at radius 3 is 2.78 bits per heavy atom. The van der Waals surface area contributed by atoms with E-state index in [4.69, 9.17) is 9.97 Å². The van der Waals surface area contributed by atoms with Gasteiger partial charge in [0, 0.05) is 22.9 Å². The normalized spacial score (nSPS) is 16.8. The zero-order valence-corrected chi connectivity index (χ0v) is 16.7. The average molecular weight is 427 g/mol. The number of rotatable bonds is 6. The van der Waals surface area contributed by atoms with Crippen molar-refractivity contribution < 1.29 is 5.11 Å². The van der Waals surface area contributed by atoms with Crippen LogP contribution in [-0.4, -0.2) is 40.8 Å². The summed E-state index contributed by atoms with van der Waals surface area (Å²) in [4.78, 5) is 11.7. The van der Waals surface area contributed by atoms with Crippen molar-refractivity contribution in [2.24, 2.45) is 0 Å². The molecule has 0 bridgehead atoms. The highest BCUT2D eigenvalue weighted by Crippen LogP contribution is 2.28. The topological polar surface area (TPSA) is 61.3 Å². The van der Waals surface area contributed by atoms with E-state index in [0.29, 0.717) is 5.95 Å². The standard InChI is InChI=1S/C21H23BrN4O/c22-18-9-3-1-6-15(18)11-12-23-20-17-8-2-4-10-19(17)24-21(25-20)26-13-5-7-16(26)14-27/h1-4,6,8-10,16,27H,5,7,11-14H2,(H,23,24,25)/t16-/m0/s1. The van der Waals surface area contributed by atoms with Gasteiger partial charge in [0.2, 0.25) is 5.95 Å². The lowest BCUT2D eigenvalue weighted by atomic mass is 10.1. The molecule has 1 atom stereocenters. The fraction of sp³-hybridized carbons (Fsp3) is 0.333. The summed E-state index contributed by atoms with van der Waals surface area (Å²) in [5.41, 5.74) is 2.19. The smallest absolute Gasteiger partial charge is 0.228 e. The summed E-state index contributed by atoms with van der Waals surface area (Å²) in [5.74, 6) is 1.56. The predicted molar refractivity (Wildman–Crippen MR) is 113 cm³/mol. The van der Waals surface area contributed by atoms with E-state index in [0.717, 1.165) is 53.5 Å². The van der Waals surface area contributed by atoms with Gasteiger partial charge in [0.25, 0.3) is 0 Å². The molecule has 6 heteroatoms. The Kier molecular flexibility index (Phi) is 5.55. The number of halogens is 1. The van der Waals surface area contributed by atoms with E-state index in [1.54, 1.807) is 0 Å². The molecule has 0 aliphatic carbocycles. The maximum atomic E-state index is 9.66. The number of fused-ring (bicyclic) bond motifs is 1. The van der Waals surface area contributed by atoms with Gasteiger partial charge in [0.1, 0.15) is 5.82 Å². The summed E-state index contributed by atoms with van der Waals surface area (Å²) < 4.78 is 1.13. The number of aliphatic hydroxyl groups is 1. The van der Waals surface area contributed by atoms with Gasteiger partial charge in [0.05, 0.1) is 18.2 Å². The lowest BCUT2D eigenvalue weighted by Crippen LogP contribution is -2.33. The molecule has 140 valence electrons. The third-order valence-electron chi connectivity index (χ3n) is 5.08. The van der Waals surface area contributed by atoms with E-state index in [2.05, 4.69) is 44.3 Å². The van der Waals surface area contributed by atoms with Crippen LogP contribution in [0.25, 0.3) is 10.9 Å². The van der Waals surface area contributed by atoms with Gasteiger partial charge < -0.3 is 15.3 Å². The van der Waals surface area contributed by atoms with Crippen molar-refractivity contribution in [3.8, 4) is 0 Å². The Morgan fingerprint density at radius 2 is 1.93 bits per heavy atom. The van der Waals surface area contributed by atoms with E-state index < -0.39 is 0 Å². The van der Waals surface area contributed by atoms with Crippen LogP contribution in [0.3, 0.4) is 0 Å². The highest BCUT2D eigenvalue weighted by Gasteiger charge is 2.26. The summed E-state index contributed by atoms with van der Waals surface area (Å²) in [7, 11) is 0. The van der Waals surface area contributed by atoms with Crippen LogP contribution in [-0.2, 0) is 6.42 Å². The number of hydrogen-bond donors (Lipinski definition) is 2. The maximum absolute atomic E-state index is 9.66. The van der Waals surface area contributed by atoms with Crippen molar-refractivity contribution in [2.75, 3.05) is 29.9 Å². The maximum Gasteiger partial charge on any atom is 0.228 e. The number of anilines is 2. The molecule has 27 heavy (non-hydrogen) atoms. The van der Waals surface area contributed by atoms with Crippen molar-refractivity contribution in [1.29, 1.82) is 0 Å². The number of hydrogen-bond acceptors (Lipinski definition) is 5. The molecular weight excluding hydrogens is 404 g/mol. The van der Waals surface area contributed by atoms with Crippen molar-refractivity contribution in [1.82, 2.24) is 9.97 Å². The summed E-state index contributed by atoms with van der Waals surface area (Å²) >= 11 is 3.61. The minimum absolute atomic E-state index is 0.110. The Hall–Kier alpha value is -2.18.